The highest BCUT2D eigenvalue weighted by Gasteiger charge is 2.29. The molecule has 0 atom stereocenters. The zero-order valence-electron chi connectivity index (χ0n) is 21.7. The molecule has 3 heterocycles. The summed E-state index contributed by atoms with van der Waals surface area (Å²) >= 11 is 3.45. The van der Waals surface area contributed by atoms with Gasteiger partial charge < -0.3 is 25.0 Å². The Morgan fingerprint density at radius 1 is 1.13 bits per heavy atom. The van der Waals surface area contributed by atoms with Crippen LogP contribution in [0.1, 0.15) is 26.7 Å². The van der Waals surface area contributed by atoms with Crippen molar-refractivity contribution >= 4 is 60.5 Å². The van der Waals surface area contributed by atoms with Crippen LogP contribution in [0.3, 0.4) is 0 Å². The number of carbonyl (C=O) groups is 1. The third-order valence-corrected chi connectivity index (χ3v) is 9.54. The van der Waals surface area contributed by atoms with Crippen LogP contribution >= 0.6 is 15.9 Å². The van der Waals surface area contributed by atoms with Crippen molar-refractivity contribution in [3.8, 4) is 5.75 Å². The zero-order valence-corrected chi connectivity index (χ0v) is 24.1. The molecule has 2 aliphatic heterocycles. The molecule has 5 rings (SSSR count). The average Bonchev–Trinajstić information content (AvgIpc) is 2.93. The van der Waals surface area contributed by atoms with Crippen LogP contribution in [0.5, 0.6) is 5.75 Å². The minimum absolute atomic E-state index is 0.0157. The van der Waals surface area contributed by atoms with Gasteiger partial charge in [-0.05, 0) is 78.9 Å². The van der Waals surface area contributed by atoms with Crippen LogP contribution in [-0.2, 0) is 19.4 Å². The summed E-state index contributed by atoms with van der Waals surface area (Å²) in [5.41, 5.74) is 1.80. The first-order valence-electron chi connectivity index (χ1n) is 12.8. The summed E-state index contributed by atoms with van der Waals surface area (Å²) in [5, 5.41) is 5.76. The van der Waals surface area contributed by atoms with E-state index in [0.29, 0.717) is 64.7 Å². The van der Waals surface area contributed by atoms with E-state index in [0.717, 1.165) is 12.8 Å². The second-order valence-electron chi connectivity index (χ2n) is 9.76. The molecule has 1 aromatic heterocycles. The Balaban J connectivity index is 1.39. The topological polar surface area (TPSA) is 123 Å². The summed E-state index contributed by atoms with van der Waals surface area (Å²) in [6.45, 7) is 5.35. The van der Waals surface area contributed by atoms with Crippen LogP contribution < -0.4 is 20.3 Å². The van der Waals surface area contributed by atoms with E-state index in [1.54, 1.807) is 49.2 Å². The Kier molecular flexibility index (Phi) is 8.06. The predicted octanol–water partition coefficient (Wildman–Crippen LogP) is 5.06. The summed E-state index contributed by atoms with van der Waals surface area (Å²) in [6, 6.07) is 12.3. The fraction of sp³-hybridized carbons (Fsp3) is 0.370. The lowest BCUT2D eigenvalue weighted by Crippen LogP contribution is -2.42. The van der Waals surface area contributed by atoms with Gasteiger partial charge in [-0.15, -0.1) is 0 Å². The number of benzene rings is 2. The van der Waals surface area contributed by atoms with E-state index in [2.05, 4.69) is 36.5 Å². The van der Waals surface area contributed by atoms with Gasteiger partial charge in [-0.3, -0.25) is 4.79 Å². The molecule has 2 aromatic carbocycles. The van der Waals surface area contributed by atoms with Crippen LogP contribution in [0.2, 0.25) is 0 Å². The number of sulfone groups is 1. The largest absolute Gasteiger partial charge is 0.482 e. The van der Waals surface area contributed by atoms with Gasteiger partial charge in [0.1, 0.15) is 11.6 Å². The molecule has 0 aliphatic carbocycles. The van der Waals surface area contributed by atoms with Crippen molar-refractivity contribution in [3.63, 3.8) is 0 Å². The Labute approximate surface area is 236 Å². The first-order chi connectivity index (χ1) is 18.7. The maximum atomic E-state index is 12.9. The molecule has 3 aromatic rings. The van der Waals surface area contributed by atoms with Gasteiger partial charge in [-0.2, -0.15) is 4.98 Å². The van der Waals surface area contributed by atoms with Gasteiger partial charge in [-0.1, -0.05) is 12.1 Å². The highest BCUT2D eigenvalue weighted by molar-refractivity contribution is 9.10. The minimum atomic E-state index is -3.52. The number of hydrogen-bond acceptors (Lipinski definition) is 9. The van der Waals surface area contributed by atoms with Crippen LogP contribution in [-0.4, -0.2) is 55.9 Å². The van der Waals surface area contributed by atoms with Crippen molar-refractivity contribution in [3.05, 3.63) is 53.1 Å². The number of halogens is 1. The molecule has 10 nitrogen and oxygen atoms in total. The number of amides is 1. The number of nitrogens with one attached hydrogen (secondary N) is 2. The highest BCUT2D eigenvalue weighted by atomic mass is 79.9. The third kappa shape index (κ3) is 6.02. The molecule has 0 radical (unpaired) electrons. The number of nitrogens with zero attached hydrogens (tertiary/aromatic N) is 3. The number of hydrogen-bond donors (Lipinski definition) is 2. The highest BCUT2D eigenvalue weighted by Crippen LogP contribution is 2.37. The van der Waals surface area contributed by atoms with E-state index in [1.165, 1.54) is 0 Å². The molecule has 206 valence electrons. The number of carbonyl (C=O) groups excluding carboxylic acids is 1. The Hall–Kier alpha value is -3.22. The van der Waals surface area contributed by atoms with Gasteiger partial charge in [0.2, 0.25) is 5.95 Å². The van der Waals surface area contributed by atoms with Gasteiger partial charge in [0, 0.05) is 31.6 Å². The lowest BCUT2D eigenvalue weighted by molar-refractivity contribution is -0.121. The lowest BCUT2D eigenvalue weighted by Gasteiger charge is -2.33. The number of ether oxygens (including phenoxy) is 2. The minimum Gasteiger partial charge on any atom is -0.482 e. The smallest absolute Gasteiger partial charge is 0.265 e. The van der Waals surface area contributed by atoms with Crippen molar-refractivity contribution in [1.82, 2.24) is 9.97 Å². The van der Waals surface area contributed by atoms with Crippen molar-refractivity contribution in [2.75, 3.05) is 41.9 Å². The molecule has 1 fully saturated rings. The Morgan fingerprint density at radius 2 is 1.90 bits per heavy atom. The van der Waals surface area contributed by atoms with Crippen LogP contribution in [0.25, 0.3) is 0 Å². The monoisotopic (exact) mass is 615 g/mol. The number of anilines is 5. The summed E-state index contributed by atoms with van der Waals surface area (Å²) in [6.07, 6.45) is 3.42. The van der Waals surface area contributed by atoms with Crippen molar-refractivity contribution in [2.24, 2.45) is 5.92 Å². The lowest BCUT2D eigenvalue weighted by atomic mass is 9.99. The molecule has 1 saturated heterocycles. The maximum Gasteiger partial charge on any atom is 0.265 e. The van der Waals surface area contributed by atoms with E-state index in [-0.39, 0.29) is 17.4 Å². The molecule has 0 unspecified atom stereocenters. The van der Waals surface area contributed by atoms with Crippen molar-refractivity contribution in [1.29, 1.82) is 0 Å². The van der Waals surface area contributed by atoms with E-state index >= 15 is 0 Å². The van der Waals surface area contributed by atoms with Gasteiger partial charge in [0.05, 0.1) is 26.0 Å². The molecule has 2 N–H and O–H groups in total. The molecule has 2 aliphatic rings. The normalized spacial score (nSPS) is 16.1. The molecule has 0 saturated carbocycles. The van der Waals surface area contributed by atoms with Crippen molar-refractivity contribution < 1.29 is 22.7 Å². The first-order valence-corrected chi connectivity index (χ1v) is 15.1. The average molecular weight is 617 g/mol. The van der Waals surface area contributed by atoms with E-state index in [4.69, 9.17) is 9.47 Å². The number of aromatic nitrogens is 2. The maximum absolute atomic E-state index is 12.9. The summed E-state index contributed by atoms with van der Waals surface area (Å²) in [7, 11) is -3.52. The fourth-order valence-electron chi connectivity index (χ4n) is 4.51. The van der Waals surface area contributed by atoms with Gasteiger partial charge in [0.15, 0.2) is 16.4 Å². The van der Waals surface area contributed by atoms with E-state index in [1.807, 2.05) is 18.2 Å². The molecular formula is C27H30BrN5O5S. The molecule has 0 bridgehead atoms. The molecule has 12 heteroatoms. The number of fused-ring (bicyclic) bond motifs is 1. The number of rotatable bonds is 8. The van der Waals surface area contributed by atoms with Gasteiger partial charge in [-0.25, -0.2) is 13.4 Å². The van der Waals surface area contributed by atoms with Crippen LogP contribution in [0, 0.1) is 5.92 Å². The van der Waals surface area contributed by atoms with Gasteiger partial charge in [0.25, 0.3) is 5.91 Å². The van der Waals surface area contributed by atoms with Crippen LogP contribution in [0.15, 0.2) is 58.0 Å². The standard InChI is InChI=1S/C27H30BrN5O5S/c1-17(2)39(35,36)24-6-4-3-5-21(24)31-26-20(28)14-29-27(32-26)30-19-7-8-23-22(13-19)33(25(34)16-38-23)15-18-9-11-37-12-10-18/h3-8,13-14,17-18H,9-12,15-16H2,1-2H3,(H2,29,30,31,32). The van der Waals surface area contributed by atoms with E-state index < -0.39 is 15.1 Å². The molecule has 39 heavy (non-hydrogen) atoms. The second-order valence-corrected chi connectivity index (χ2v) is 13.1. The van der Waals surface area contributed by atoms with E-state index in [9.17, 15) is 13.2 Å². The summed E-state index contributed by atoms with van der Waals surface area (Å²) in [4.78, 5) is 23.7. The zero-order chi connectivity index (χ0) is 27.6. The van der Waals surface area contributed by atoms with Crippen LogP contribution in [0.4, 0.5) is 28.8 Å². The van der Waals surface area contributed by atoms with Gasteiger partial charge >= 0.3 is 0 Å². The molecule has 1 amide bonds. The molecule has 0 spiro atoms. The predicted molar refractivity (Wildman–Crippen MR) is 153 cm³/mol. The third-order valence-electron chi connectivity index (χ3n) is 6.75. The summed E-state index contributed by atoms with van der Waals surface area (Å²) in [5.74, 6) is 1.64. The Bertz CT molecular complexity index is 1480. The molecular weight excluding hydrogens is 586 g/mol. The second kappa shape index (κ2) is 11.5. The Morgan fingerprint density at radius 3 is 2.67 bits per heavy atom. The summed E-state index contributed by atoms with van der Waals surface area (Å²) < 4.78 is 37.5. The number of para-hydroxylation sites is 1. The fourth-order valence-corrected chi connectivity index (χ4v) is 6.00. The first kappa shape index (κ1) is 27.4. The quantitative estimate of drug-likeness (QED) is 0.358. The SMILES string of the molecule is CC(C)S(=O)(=O)c1ccccc1Nc1nc(Nc2ccc3c(c2)N(CC2CCOCC2)C(=O)CO3)ncc1Br. The van der Waals surface area contributed by atoms with Crippen molar-refractivity contribution in [2.45, 2.75) is 36.8 Å².